The first-order valence-electron chi connectivity index (χ1n) is 6.11. The van der Waals surface area contributed by atoms with Gasteiger partial charge in [-0.05, 0) is 25.0 Å². The number of hydrogen-bond acceptors (Lipinski definition) is 3. The number of nitrogens with one attached hydrogen (secondary N) is 1. The van der Waals surface area contributed by atoms with Gasteiger partial charge in [0.2, 0.25) is 0 Å². The Kier molecular flexibility index (Phi) is 5.83. The highest BCUT2D eigenvalue weighted by Gasteiger charge is 2.13. The first-order chi connectivity index (χ1) is 8.95. The van der Waals surface area contributed by atoms with Crippen LogP contribution in [0.3, 0.4) is 0 Å². The van der Waals surface area contributed by atoms with E-state index in [2.05, 4.69) is 5.32 Å². The molecule has 1 unspecified atom stereocenters. The van der Waals surface area contributed by atoms with Crippen molar-refractivity contribution in [3.8, 4) is 5.75 Å². The molecule has 0 aromatic heterocycles. The number of aldehydes is 1. The number of carbonyl (C=O) groups excluding carboxylic acids is 2. The molecule has 0 spiro atoms. The highest BCUT2D eigenvalue weighted by molar-refractivity contribution is 6.33. The smallest absolute Gasteiger partial charge is 0.258 e. The Hall–Kier alpha value is -1.55. The Morgan fingerprint density at radius 3 is 2.68 bits per heavy atom. The van der Waals surface area contributed by atoms with Crippen molar-refractivity contribution in [1.82, 2.24) is 5.32 Å². The van der Waals surface area contributed by atoms with Crippen molar-refractivity contribution in [1.29, 1.82) is 0 Å². The Bertz CT molecular complexity index is 460. The molecule has 1 amide bonds. The standard InChI is InChI=1S/C14H18ClNO3/c1-9(2)10(3)16-14(18)8-19-13-6-4-5-12(15)11(13)7-17/h4-7,9-10H,8H2,1-3H3,(H,16,18). The maximum absolute atomic E-state index is 11.7. The molecule has 0 heterocycles. The zero-order chi connectivity index (χ0) is 14.4. The summed E-state index contributed by atoms with van der Waals surface area (Å²) < 4.78 is 5.32. The average Bonchev–Trinajstić information content (AvgIpc) is 2.36. The monoisotopic (exact) mass is 283 g/mol. The summed E-state index contributed by atoms with van der Waals surface area (Å²) in [5, 5.41) is 3.13. The summed E-state index contributed by atoms with van der Waals surface area (Å²) in [6.07, 6.45) is 0.617. The third-order valence-electron chi connectivity index (χ3n) is 2.88. The second-order valence-electron chi connectivity index (χ2n) is 4.66. The molecule has 0 aliphatic rings. The van der Waals surface area contributed by atoms with Gasteiger partial charge in [-0.2, -0.15) is 0 Å². The van der Waals surface area contributed by atoms with Crippen molar-refractivity contribution in [2.24, 2.45) is 5.92 Å². The SMILES string of the molecule is CC(C)C(C)NC(=O)COc1cccc(Cl)c1C=O. The van der Waals surface area contributed by atoms with Crippen molar-refractivity contribution < 1.29 is 14.3 Å². The topological polar surface area (TPSA) is 55.4 Å². The van der Waals surface area contributed by atoms with Crippen molar-refractivity contribution in [3.63, 3.8) is 0 Å². The second kappa shape index (κ2) is 7.14. The summed E-state index contributed by atoms with van der Waals surface area (Å²) in [5.41, 5.74) is 0.258. The number of rotatable bonds is 6. The van der Waals surface area contributed by atoms with Gasteiger partial charge in [-0.3, -0.25) is 9.59 Å². The molecule has 1 atom stereocenters. The molecule has 0 aliphatic heterocycles. The van der Waals surface area contributed by atoms with Gasteiger partial charge in [0.1, 0.15) is 5.75 Å². The van der Waals surface area contributed by atoms with Gasteiger partial charge in [-0.25, -0.2) is 0 Å². The number of benzene rings is 1. The summed E-state index contributed by atoms with van der Waals surface area (Å²) >= 11 is 5.86. The van der Waals surface area contributed by atoms with Crippen LogP contribution in [0, 0.1) is 5.92 Å². The fourth-order valence-corrected chi connectivity index (χ4v) is 1.57. The quantitative estimate of drug-likeness (QED) is 0.817. The highest BCUT2D eigenvalue weighted by Crippen LogP contribution is 2.24. The molecule has 0 radical (unpaired) electrons. The molecule has 0 fully saturated rings. The van der Waals surface area contributed by atoms with E-state index in [9.17, 15) is 9.59 Å². The zero-order valence-corrected chi connectivity index (χ0v) is 12.0. The Labute approximate surface area is 118 Å². The summed E-state index contributed by atoms with van der Waals surface area (Å²) in [5.74, 6) is 0.438. The van der Waals surface area contributed by atoms with E-state index in [0.29, 0.717) is 23.0 Å². The largest absolute Gasteiger partial charge is 0.483 e. The molecule has 104 valence electrons. The molecule has 1 aromatic carbocycles. The van der Waals surface area contributed by atoms with Crippen molar-refractivity contribution in [3.05, 3.63) is 28.8 Å². The van der Waals surface area contributed by atoms with E-state index >= 15 is 0 Å². The lowest BCUT2D eigenvalue weighted by molar-refractivity contribution is -0.124. The van der Waals surface area contributed by atoms with E-state index in [1.165, 1.54) is 0 Å². The van der Waals surface area contributed by atoms with Crippen LogP contribution in [0.4, 0.5) is 0 Å². The van der Waals surface area contributed by atoms with Crippen LogP contribution in [-0.4, -0.2) is 24.8 Å². The molecule has 0 saturated carbocycles. The van der Waals surface area contributed by atoms with Gasteiger partial charge in [-0.15, -0.1) is 0 Å². The zero-order valence-electron chi connectivity index (χ0n) is 11.3. The fourth-order valence-electron chi connectivity index (χ4n) is 1.36. The number of ether oxygens (including phenoxy) is 1. The van der Waals surface area contributed by atoms with Crippen LogP contribution < -0.4 is 10.1 Å². The van der Waals surface area contributed by atoms with E-state index in [4.69, 9.17) is 16.3 Å². The van der Waals surface area contributed by atoms with E-state index in [0.717, 1.165) is 0 Å². The summed E-state index contributed by atoms with van der Waals surface area (Å²) in [4.78, 5) is 22.6. The summed E-state index contributed by atoms with van der Waals surface area (Å²) in [7, 11) is 0. The molecular formula is C14H18ClNO3. The normalized spacial score (nSPS) is 12.1. The van der Waals surface area contributed by atoms with Gasteiger partial charge in [0.15, 0.2) is 12.9 Å². The van der Waals surface area contributed by atoms with Crippen molar-refractivity contribution in [2.45, 2.75) is 26.8 Å². The minimum Gasteiger partial charge on any atom is -0.483 e. The second-order valence-corrected chi connectivity index (χ2v) is 5.07. The summed E-state index contributed by atoms with van der Waals surface area (Å²) in [6.45, 7) is 5.83. The van der Waals surface area contributed by atoms with E-state index in [1.54, 1.807) is 18.2 Å². The molecule has 5 heteroatoms. The lowest BCUT2D eigenvalue weighted by atomic mass is 10.1. The van der Waals surface area contributed by atoms with Crippen LogP contribution in [0.15, 0.2) is 18.2 Å². The van der Waals surface area contributed by atoms with Crippen LogP contribution in [0.5, 0.6) is 5.75 Å². The third kappa shape index (κ3) is 4.56. The minimum absolute atomic E-state index is 0.0704. The first kappa shape index (κ1) is 15.5. The van der Waals surface area contributed by atoms with Crippen LogP contribution in [0.25, 0.3) is 0 Å². The Morgan fingerprint density at radius 2 is 2.11 bits per heavy atom. The lowest BCUT2D eigenvalue weighted by Crippen LogP contribution is -2.39. The van der Waals surface area contributed by atoms with E-state index in [1.807, 2.05) is 20.8 Å². The van der Waals surface area contributed by atoms with Gasteiger partial charge in [0.05, 0.1) is 10.6 Å². The van der Waals surface area contributed by atoms with Crippen molar-refractivity contribution >= 4 is 23.8 Å². The highest BCUT2D eigenvalue weighted by atomic mass is 35.5. The van der Waals surface area contributed by atoms with Gasteiger partial charge >= 0.3 is 0 Å². The van der Waals surface area contributed by atoms with Gasteiger partial charge in [0.25, 0.3) is 5.91 Å². The van der Waals surface area contributed by atoms with Gasteiger partial charge in [0, 0.05) is 6.04 Å². The molecule has 0 aliphatic carbocycles. The molecule has 0 bridgehead atoms. The molecule has 4 nitrogen and oxygen atoms in total. The maximum atomic E-state index is 11.7. The predicted molar refractivity (Wildman–Crippen MR) is 74.8 cm³/mol. The number of halogens is 1. The maximum Gasteiger partial charge on any atom is 0.258 e. The van der Waals surface area contributed by atoms with Gasteiger partial charge in [-0.1, -0.05) is 31.5 Å². The molecule has 1 aromatic rings. The number of carbonyl (C=O) groups is 2. The predicted octanol–water partition coefficient (Wildman–Crippen LogP) is 2.69. The Balaban J connectivity index is 2.60. The number of amides is 1. The Morgan fingerprint density at radius 1 is 1.42 bits per heavy atom. The molecule has 1 N–H and O–H groups in total. The van der Waals surface area contributed by atoms with Crippen LogP contribution >= 0.6 is 11.6 Å². The molecular weight excluding hydrogens is 266 g/mol. The van der Waals surface area contributed by atoms with Crippen LogP contribution in [-0.2, 0) is 4.79 Å². The van der Waals surface area contributed by atoms with Crippen LogP contribution in [0.2, 0.25) is 5.02 Å². The molecule has 19 heavy (non-hydrogen) atoms. The van der Waals surface area contributed by atoms with Gasteiger partial charge < -0.3 is 10.1 Å². The molecule has 1 rings (SSSR count). The molecule has 0 saturated heterocycles. The minimum atomic E-state index is -0.224. The fraction of sp³-hybridized carbons (Fsp3) is 0.429. The number of hydrogen-bond donors (Lipinski definition) is 1. The summed E-state index contributed by atoms with van der Waals surface area (Å²) in [6, 6.07) is 4.94. The lowest BCUT2D eigenvalue weighted by Gasteiger charge is -2.17. The van der Waals surface area contributed by atoms with Crippen LogP contribution in [0.1, 0.15) is 31.1 Å². The van der Waals surface area contributed by atoms with E-state index < -0.39 is 0 Å². The van der Waals surface area contributed by atoms with Crippen molar-refractivity contribution in [2.75, 3.05) is 6.61 Å². The third-order valence-corrected chi connectivity index (χ3v) is 3.21. The first-order valence-corrected chi connectivity index (χ1v) is 6.49. The average molecular weight is 284 g/mol. The van der Waals surface area contributed by atoms with E-state index in [-0.39, 0.29) is 24.1 Å².